The number of hydrogen-bond acceptors (Lipinski definition) is 1. The SMILES string of the molecule is F[B-](F)(F)c1ccc(CC(F)(F)F)nc1. The first-order valence-electron chi connectivity index (χ1n) is 3.90. The Morgan fingerprint density at radius 1 is 1.13 bits per heavy atom. The summed E-state index contributed by atoms with van der Waals surface area (Å²) in [5, 5.41) is 0. The molecule has 0 aliphatic carbocycles. The molecule has 0 aliphatic rings. The lowest BCUT2D eigenvalue weighted by Gasteiger charge is -2.14. The molecule has 1 rings (SSSR count). The molecular weight excluding hydrogens is 223 g/mol. The molecule has 0 amide bonds. The van der Waals surface area contributed by atoms with Gasteiger partial charge in [0, 0.05) is 11.9 Å². The highest BCUT2D eigenvalue weighted by Crippen LogP contribution is 2.19. The summed E-state index contributed by atoms with van der Waals surface area (Å²) in [6.45, 7) is -5.20. The van der Waals surface area contributed by atoms with Crippen molar-refractivity contribution < 1.29 is 26.1 Å². The number of pyridine rings is 1. The molecule has 0 spiro atoms. The van der Waals surface area contributed by atoms with Crippen LogP contribution in [0.2, 0.25) is 0 Å². The first kappa shape index (κ1) is 11.9. The maximum atomic E-state index is 12.1. The van der Waals surface area contributed by atoms with Crippen molar-refractivity contribution in [3.63, 3.8) is 0 Å². The molecule has 0 atom stereocenters. The molecule has 0 radical (unpaired) electrons. The van der Waals surface area contributed by atoms with E-state index in [2.05, 4.69) is 4.98 Å². The normalized spacial score (nSPS) is 12.9. The molecule has 1 heterocycles. The molecule has 0 saturated carbocycles. The van der Waals surface area contributed by atoms with Crippen molar-refractivity contribution >= 4 is 12.4 Å². The van der Waals surface area contributed by atoms with Crippen molar-refractivity contribution in [3.8, 4) is 0 Å². The van der Waals surface area contributed by atoms with E-state index in [-0.39, 0.29) is 0 Å². The fraction of sp³-hybridized carbons (Fsp3) is 0.286. The van der Waals surface area contributed by atoms with Gasteiger partial charge in [-0.3, -0.25) is 4.98 Å². The summed E-state index contributed by atoms with van der Waals surface area (Å²) in [6, 6.07) is 1.34. The Labute approximate surface area is 81.2 Å². The van der Waals surface area contributed by atoms with Gasteiger partial charge in [0.25, 0.3) is 0 Å². The van der Waals surface area contributed by atoms with Crippen LogP contribution in [0.25, 0.3) is 0 Å². The van der Waals surface area contributed by atoms with Gasteiger partial charge in [-0.2, -0.15) is 13.2 Å². The average molecular weight is 228 g/mol. The second-order valence-corrected chi connectivity index (χ2v) is 2.95. The van der Waals surface area contributed by atoms with E-state index in [9.17, 15) is 26.1 Å². The zero-order chi connectivity index (χ0) is 11.7. The molecule has 1 aromatic rings. The van der Waals surface area contributed by atoms with Gasteiger partial charge in [-0.05, 0) is 6.07 Å². The second kappa shape index (κ2) is 3.75. The van der Waals surface area contributed by atoms with Crippen molar-refractivity contribution in [2.24, 2.45) is 0 Å². The first-order chi connectivity index (χ1) is 6.68. The molecule has 0 N–H and O–H groups in total. The summed E-state index contributed by atoms with van der Waals surface area (Å²) in [7, 11) is 0. The van der Waals surface area contributed by atoms with Crippen LogP contribution in [0, 0.1) is 0 Å². The highest BCUT2D eigenvalue weighted by Gasteiger charge is 2.29. The molecule has 0 saturated heterocycles. The summed E-state index contributed by atoms with van der Waals surface area (Å²) in [5.41, 5.74) is -1.42. The third-order valence-corrected chi connectivity index (χ3v) is 1.61. The van der Waals surface area contributed by atoms with Gasteiger partial charge in [0.1, 0.15) is 0 Å². The molecule has 0 bridgehead atoms. The lowest BCUT2D eigenvalue weighted by molar-refractivity contribution is -0.127. The third kappa shape index (κ3) is 3.81. The van der Waals surface area contributed by atoms with Crippen molar-refractivity contribution in [1.82, 2.24) is 4.98 Å². The fourth-order valence-electron chi connectivity index (χ4n) is 0.939. The minimum Gasteiger partial charge on any atom is -0.445 e. The van der Waals surface area contributed by atoms with Crippen molar-refractivity contribution in [2.75, 3.05) is 0 Å². The molecule has 84 valence electrons. The van der Waals surface area contributed by atoms with Crippen molar-refractivity contribution in [1.29, 1.82) is 0 Å². The Morgan fingerprint density at radius 2 is 1.73 bits per heavy atom. The summed E-state index contributed by atoms with van der Waals surface area (Å²) in [6.07, 6.45) is -5.36. The number of nitrogens with zero attached hydrogens (tertiary/aromatic N) is 1. The number of rotatable bonds is 2. The van der Waals surface area contributed by atoms with E-state index in [0.717, 1.165) is 6.07 Å². The lowest BCUT2D eigenvalue weighted by atomic mass is 9.81. The van der Waals surface area contributed by atoms with E-state index in [4.69, 9.17) is 0 Å². The topological polar surface area (TPSA) is 12.9 Å². The first-order valence-corrected chi connectivity index (χ1v) is 3.90. The number of halogens is 6. The van der Waals surface area contributed by atoms with Crippen LogP contribution in [0.5, 0.6) is 0 Å². The highest BCUT2D eigenvalue weighted by atomic mass is 19.4. The quantitative estimate of drug-likeness (QED) is 0.558. The smallest absolute Gasteiger partial charge is 0.445 e. The Morgan fingerprint density at radius 3 is 2.07 bits per heavy atom. The molecule has 0 fully saturated rings. The summed E-state index contributed by atoms with van der Waals surface area (Å²) in [4.78, 5) is 3.11. The Hall–Kier alpha value is -1.21. The van der Waals surface area contributed by atoms with Gasteiger partial charge in [0.2, 0.25) is 0 Å². The number of aromatic nitrogens is 1. The predicted molar refractivity (Wildman–Crippen MR) is 42.7 cm³/mol. The van der Waals surface area contributed by atoms with E-state index in [1.165, 1.54) is 0 Å². The van der Waals surface area contributed by atoms with Gasteiger partial charge in [-0.25, -0.2) is 0 Å². The third-order valence-electron chi connectivity index (χ3n) is 1.61. The molecular formula is C7H5BF6N-. The molecule has 8 heteroatoms. The van der Waals surface area contributed by atoms with E-state index in [1.807, 2.05) is 0 Å². The van der Waals surface area contributed by atoms with Crippen LogP contribution in [0.4, 0.5) is 26.1 Å². The molecule has 0 unspecified atom stereocenters. The van der Waals surface area contributed by atoms with Gasteiger partial charge >= 0.3 is 13.2 Å². The molecule has 1 nitrogen and oxygen atoms in total. The predicted octanol–water partition coefficient (Wildman–Crippen LogP) is 2.24. The summed E-state index contributed by atoms with van der Waals surface area (Å²) in [5.74, 6) is 0. The second-order valence-electron chi connectivity index (χ2n) is 2.95. The Bertz CT molecular complexity index is 327. The monoisotopic (exact) mass is 228 g/mol. The van der Waals surface area contributed by atoms with Crippen molar-refractivity contribution in [3.05, 3.63) is 24.0 Å². The van der Waals surface area contributed by atoms with Crippen LogP contribution in [0.3, 0.4) is 0 Å². The highest BCUT2D eigenvalue weighted by molar-refractivity contribution is 6.73. The zero-order valence-corrected chi connectivity index (χ0v) is 7.23. The molecule has 1 aromatic heterocycles. The summed E-state index contributed by atoms with van der Waals surface area (Å²) < 4.78 is 71.6. The lowest BCUT2D eigenvalue weighted by Crippen LogP contribution is -2.34. The maximum Gasteiger partial charge on any atom is 0.511 e. The van der Waals surface area contributed by atoms with Crippen LogP contribution in [0.1, 0.15) is 5.69 Å². The minimum atomic E-state index is -5.20. The molecule has 0 aliphatic heterocycles. The van der Waals surface area contributed by atoms with Crippen LogP contribution >= 0.6 is 0 Å². The zero-order valence-electron chi connectivity index (χ0n) is 7.23. The van der Waals surface area contributed by atoms with Crippen LogP contribution in [-0.2, 0) is 6.42 Å². The number of alkyl halides is 3. The molecule has 15 heavy (non-hydrogen) atoms. The van der Waals surface area contributed by atoms with Crippen molar-refractivity contribution in [2.45, 2.75) is 12.6 Å². The van der Waals surface area contributed by atoms with E-state index in [0.29, 0.717) is 12.3 Å². The number of hydrogen-bond donors (Lipinski definition) is 0. The Kier molecular flexibility index (Phi) is 2.96. The maximum absolute atomic E-state index is 12.1. The van der Waals surface area contributed by atoms with Crippen LogP contribution in [-0.4, -0.2) is 18.1 Å². The van der Waals surface area contributed by atoms with E-state index < -0.39 is 30.7 Å². The van der Waals surface area contributed by atoms with E-state index >= 15 is 0 Å². The fourth-order valence-corrected chi connectivity index (χ4v) is 0.939. The summed E-state index contributed by atoms with van der Waals surface area (Å²) >= 11 is 0. The standard InChI is InChI=1S/C7H5BF6N/c9-7(10,11)3-6-2-1-5(4-15-6)8(12,13)14/h1-2,4H,3H2/q-1. The van der Waals surface area contributed by atoms with Gasteiger partial charge in [0.15, 0.2) is 0 Å². The van der Waals surface area contributed by atoms with Gasteiger partial charge < -0.3 is 12.9 Å². The average Bonchev–Trinajstić information content (AvgIpc) is 2.00. The van der Waals surface area contributed by atoms with Crippen LogP contribution in [0.15, 0.2) is 18.3 Å². The van der Waals surface area contributed by atoms with Gasteiger partial charge in [0.05, 0.1) is 6.42 Å². The molecule has 0 aromatic carbocycles. The Balaban J connectivity index is 2.82. The minimum absolute atomic E-state index is 0.418. The van der Waals surface area contributed by atoms with E-state index in [1.54, 1.807) is 0 Å². The largest absolute Gasteiger partial charge is 0.511 e. The van der Waals surface area contributed by atoms with Crippen LogP contribution < -0.4 is 5.46 Å². The van der Waals surface area contributed by atoms with Gasteiger partial charge in [-0.1, -0.05) is 11.5 Å². The van der Waals surface area contributed by atoms with Gasteiger partial charge in [-0.15, -0.1) is 0 Å².